The van der Waals surface area contributed by atoms with Gasteiger partial charge in [-0.1, -0.05) is 24.3 Å². The third kappa shape index (κ3) is 3.31. The predicted molar refractivity (Wildman–Crippen MR) is 66.5 cm³/mol. The van der Waals surface area contributed by atoms with Crippen molar-refractivity contribution >= 4 is 5.97 Å². The summed E-state index contributed by atoms with van der Waals surface area (Å²) in [7, 11) is 1.35. The van der Waals surface area contributed by atoms with Crippen molar-refractivity contribution in [3.63, 3.8) is 0 Å². The molecule has 1 aromatic heterocycles. The lowest BCUT2D eigenvalue weighted by atomic mass is 10.3. The van der Waals surface area contributed by atoms with Crippen LogP contribution in [0.3, 0.4) is 0 Å². The van der Waals surface area contributed by atoms with E-state index in [9.17, 15) is 4.79 Å². The molecule has 0 saturated heterocycles. The molecule has 2 rings (SSSR count). The minimum Gasteiger partial charge on any atom is -0.469 e. The summed E-state index contributed by atoms with van der Waals surface area (Å²) in [6, 6.07) is 14.7. The van der Waals surface area contributed by atoms with Crippen molar-refractivity contribution in [2.75, 3.05) is 7.11 Å². The van der Waals surface area contributed by atoms with E-state index in [-0.39, 0.29) is 12.4 Å². The van der Waals surface area contributed by atoms with Crippen molar-refractivity contribution in [2.24, 2.45) is 0 Å². The first-order chi connectivity index (χ1) is 8.78. The molecule has 4 heteroatoms. The van der Waals surface area contributed by atoms with Crippen LogP contribution in [0.5, 0.6) is 11.6 Å². The fourth-order valence-electron chi connectivity index (χ4n) is 1.44. The molecule has 0 aliphatic carbocycles. The van der Waals surface area contributed by atoms with Crippen LogP contribution >= 0.6 is 0 Å². The molecule has 0 radical (unpaired) electrons. The number of ether oxygens (including phenoxy) is 2. The fourth-order valence-corrected chi connectivity index (χ4v) is 1.44. The molecule has 0 fully saturated rings. The highest BCUT2D eigenvalue weighted by Gasteiger charge is 2.05. The molecule has 0 N–H and O–H groups in total. The number of rotatable bonds is 4. The van der Waals surface area contributed by atoms with E-state index >= 15 is 0 Å². The Kier molecular flexibility index (Phi) is 3.91. The van der Waals surface area contributed by atoms with E-state index in [1.807, 2.05) is 30.3 Å². The standard InChI is InChI=1S/C14H13NO3/c1-17-14(16)10-11-6-5-9-13(15-11)18-12-7-3-2-4-8-12/h2-9H,10H2,1H3. The minimum atomic E-state index is -0.320. The molecule has 18 heavy (non-hydrogen) atoms. The van der Waals surface area contributed by atoms with E-state index < -0.39 is 0 Å². The van der Waals surface area contributed by atoms with E-state index in [0.29, 0.717) is 17.3 Å². The summed E-state index contributed by atoms with van der Waals surface area (Å²) >= 11 is 0. The zero-order chi connectivity index (χ0) is 12.8. The number of para-hydroxylation sites is 1. The lowest BCUT2D eigenvalue weighted by molar-refractivity contribution is -0.139. The molecular formula is C14H13NO3. The molecule has 0 atom stereocenters. The Hall–Kier alpha value is -2.36. The second kappa shape index (κ2) is 5.82. The molecule has 1 aromatic carbocycles. The van der Waals surface area contributed by atoms with Gasteiger partial charge in [0.15, 0.2) is 0 Å². The SMILES string of the molecule is COC(=O)Cc1cccc(Oc2ccccc2)n1. The maximum atomic E-state index is 11.1. The van der Waals surface area contributed by atoms with Crippen LogP contribution in [0.25, 0.3) is 0 Å². The van der Waals surface area contributed by atoms with Crippen molar-refractivity contribution in [2.45, 2.75) is 6.42 Å². The smallest absolute Gasteiger partial charge is 0.311 e. The minimum absolute atomic E-state index is 0.141. The van der Waals surface area contributed by atoms with Crippen LogP contribution in [0.2, 0.25) is 0 Å². The van der Waals surface area contributed by atoms with Gasteiger partial charge < -0.3 is 9.47 Å². The number of hydrogen-bond acceptors (Lipinski definition) is 4. The van der Waals surface area contributed by atoms with Crippen LogP contribution in [0.1, 0.15) is 5.69 Å². The average molecular weight is 243 g/mol. The molecule has 0 bridgehead atoms. The van der Waals surface area contributed by atoms with Crippen molar-refractivity contribution < 1.29 is 14.3 Å². The quantitative estimate of drug-likeness (QED) is 0.774. The second-order valence-electron chi connectivity index (χ2n) is 3.64. The first-order valence-corrected chi connectivity index (χ1v) is 5.53. The molecule has 0 saturated carbocycles. The summed E-state index contributed by atoms with van der Waals surface area (Å²) in [5.41, 5.74) is 0.621. The molecule has 4 nitrogen and oxygen atoms in total. The first kappa shape index (κ1) is 12.1. The summed E-state index contributed by atoms with van der Waals surface area (Å²) in [6.07, 6.45) is 0.141. The van der Waals surface area contributed by atoms with Crippen molar-refractivity contribution in [3.8, 4) is 11.6 Å². The fraction of sp³-hybridized carbons (Fsp3) is 0.143. The van der Waals surface area contributed by atoms with Crippen LogP contribution in [-0.2, 0) is 16.0 Å². The van der Waals surface area contributed by atoms with E-state index in [1.54, 1.807) is 18.2 Å². The second-order valence-corrected chi connectivity index (χ2v) is 3.64. The lowest BCUT2D eigenvalue weighted by Gasteiger charge is -2.05. The van der Waals surface area contributed by atoms with Gasteiger partial charge in [-0.2, -0.15) is 0 Å². The Morgan fingerprint density at radius 3 is 2.61 bits per heavy atom. The highest BCUT2D eigenvalue weighted by molar-refractivity contribution is 5.71. The van der Waals surface area contributed by atoms with Crippen LogP contribution in [-0.4, -0.2) is 18.1 Å². The summed E-state index contributed by atoms with van der Waals surface area (Å²) in [4.78, 5) is 15.4. The van der Waals surface area contributed by atoms with Gasteiger partial charge in [-0.05, 0) is 18.2 Å². The number of esters is 1. The van der Waals surface area contributed by atoms with Gasteiger partial charge in [-0.15, -0.1) is 0 Å². The van der Waals surface area contributed by atoms with Gasteiger partial charge in [-0.25, -0.2) is 4.98 Å². The van der Waals surface area contributed by atoms with E-state index in [2.05, 4.69) is 9.72 Å². The third-order valence-corrected chi connectivity index (χ3v) is 2.30. The van der Waals surface area contributed by atoms with Crippen LogP contribution in [0.4, 0.5) is 0 Å². The highest BCUT2D eigenvalue weighted by Crippen LogP contribution is 2.18. The van der Waals surface area contributed by atoms with Crippen molar-refractivity contribution in [1.82, 2.24) is 4.98 Å². The van der Waals surface area contributed by atoms with Crippen LogP contribution in [0.15, 0.2) is 48.5 Å². The average Bonchev–Trinajstić information content (AvgIpc) is 2.40. The molecule has 92 valence electrons. The van der Waals surface area contributed by atoms with E-state index in [1.165, 1.54) is 7.11 Å². The van der Waals surface area contributed by atoms with Gasteiger partial charge in [0.2, 0.25) is 5.88 Å². The third-order valence-electron chi connectivity index (χ3n) is 2.30. The van der Waals surface area contributed by atoms with Gasteiger partial charge in [-0.3, -0.25) is 4.79 Å². The van der Waals surface area contributed by atoms with Gasteiger partial charge in [0.05, 0.1) is 19.2 Å². The molecule has 1 heterocycles. The highest BCUT2D eigenvalue weighted by atomic mass is 16.5. The molecule has 0 unspecified atom stereocenters. The molecule has 0 aliphatic rings. The number of carbonyl (C=O) groups excluding carboxylic acids is 1. The topological polar surface area (TPSA) is 48.4 Å². The van der Waals surface area contributed by atoms with Crippen LogP contribution in [0, 0.1) is 0 Å². The number of hydrogen-bond donors (Lipinski definition) is 0. The largest absolute Gasteiger partial charge is 0.469 e. The Bertz CT molecular complexity index is 526. The van der Waals surface area contributed by atoms with Gasteiger partial charge in [0.1, 0.15) is 5.75 Å². The maximum absolute atomic E-state index is 11.1. The molecule has 2 aromatic rings. The maximum Gasteiger partial charge on any atom is 0.311 e. The van der Waals surface area contributed by atoms with Gasteiger partial charge in [0.25, 0.3) is 0 Å². The molecule has 0 aliphatic heterocycles. The molecule has 0 amide bonds. The zero-order valence-electron chi connectivity index (χ0n) is 10.00. The van der Waals surface area contributed by atoms with Crippen molar-refractivity contribution in [1.29, 1.82) is 0 Å². The Morgan fingerprint density at radius 1 is 1.11 bits per heavy atom. The molecular weight excluding hydrogens is 230 g/mol. The summed E-state index contributed by atoms with van der Waals surface area (Å²) in [5, 5.41) is 0. The van der Waals surface area contributed by atoms with Crippen molar-refractivity contribution in [3.05, 3.63) is 54.2 Å². The number of aromatic nitrogens is 1. The Morgan fingerprint density at radius 2 is 1.89 bits per heavy atom. The lowest BCUT2D eigenvalue weighted by Crippen LogP contribution is -2.06. The predicted octanol–water partition coefficient (Wildman–Crippen LogP) is 2.59. The summed E-state index contributed by atoms with van der Waals surface area (Å²) in [6.45, 7) is 0. The van der Waals surface area contributed by atoms with Crippen LogP contribution < -0.4 is 4.74 Å². The number of methoxy groups -OCH3 is 1. The summed E-state index contributed by atoms with van der Waals surface area (Å²) < 4.78 is 10.2. The normalized spacial score (nSPS) is 9.83. The zero-order valence-corrected chi connectivity index (χ0v) is 10.00. The number of pyridine rings is 1. The number of benzene rings is 1. The first-order valence-electron chi connectivity index (χ1n) is 5.53. The van der Waals surface area contributed by atoms with E-state index in [4.69, 9.17) is 4.74 Å². The van der Waals surface area contributed by atoms with E-state index in [0.717, 1.165) is 0 Å². The number of nitrogens with zero attached hydrogens (tertiary/aromatic N) is 1. The molecule has 0 spiro atoms. The number of carbonyl (C=O) groups is 1. The van der Waals surface area contributed by atoms with Gasteiger partial charge in [0, 0.05) is 6.07 Å². The summed E-state index contributed by atoms with van der Waals surface area (Å²) in [5.74, 6) is 0.849. The Balaban J connectivity index is 2.10. The monoisotopic (exact) mass is 243 g/mol. The Labute approximate surface area is 105 Å². The van der Waals surface area contributed by atoms with Gasteiger partial charge >= 0.3 is 5.97 Å².